The highest BCUT2D eigenvalue weighted by Crippen LogP contribution is 2.26. The summed E-state index contributed by atoms with van der Waals surface area (Å²) in [6.07, 6.45) is 4.91. The molecule has 1 aromatic heterocycles. The minimum atomic E-state index is -0.127. The summed E-state index contributed by atoms with van der Waals surface area (Å²) in [6, 6.07) is 0. The molecule has 0 unspecified atom stereocenters. The van der Waals surface area contributed by atoms with Gasteiger partial charge in [-0.25, -0.2) is 4.98 Å². The first kappa shape index (κ1) is 9.36. The summed E-state index contributed by atoms with van der Waals surface area (Å²) in [5, 5.41) is 12.3. The van der Waals surface area contributed by atoms with Crippen molar-refractivity contribution in [2.45, 2.75) is 0 Å². The Labute approximate surface area is 82.1 Å². The number of rotatable bonds is 4. The van der Waals surface area contributed by atoms with Gasteiger partial charge in [0.15, 0.2) is 0 Å². The predicted molar refractivity (Wildman–Crippen MR) is 50.9 cm³/mol. The number of ether oxygens (including phenoxy) is 1. The molecule has 0 aromatic carbocycles. The van der Waals surface area contributed by atoms with Crippen molar-refractivity contribution >= 4 is 5.82 Å². The Morgan fingerprint density at radius 1 is 1.50 bits per heavy atom. The summed E-state index contributed by atoms with van der Waals surface area (Å²) in [6.45, 7) is 2.02. The summed E-state index contributed by atoms with van der Waals surface area (Å²) in [5.41, 5.74) is -0.127. The second-order valence-corrected chi connectivity index (χ2v) is 3.60. The van der Waals surface area contributed by atoms with Gasteiger partial charge in [-0.1, -0.05) is 0 Å². The van der Waals surface area contributed by atoms with Crippen LogP contribution in [0.1, 0.15) is 0 Å². The molecule has 1 aliphatic rings. The summed E-state index contributed by atoms with van der Waals surface area (Å²) in [4.78, 5) is 8.01. The molecule has 76 valence electrons. The molecule has 1 aromatic rings. The molecule has 0 bridgehead atoms. The van der Waals surface area contributed by atoms with Crippen LogP contribution in [0, 0.1) is 5.41 Å². The molecule has 0 saturated carbocycles. The lowest BCUT2D eigenvalue weighted by Crippen LogP contribution is -2.50. The summed E-state index contributed by atoms with van der Waals surface area (Å²) in [5.74, 6) is 0.729. The van der Waals surface area contributed by atoms with Gasteiger partial charge in [-0.15, -0.1) is 0 Å². The fraction of sp³-hybridized carbons (Fsp3) is 0.556. The number of hydrogen-bond donors (Lipinski definition) is 2. The maximum atomic E-state index is 9.16. The lowest BCUT2D eigenvalue weighted by atomic mass is 9.87. The molecule has 2 rings (SSSR count). The first-order chi connectivity index (χ1) is 6.85. The molecule has 5 heteroatoms. The standard InChI is InChI=1S/C9H13N3O2/c13-5-9(6-14-7-9)4-12-8-3-10-1-2-11-8/h1-3,13H,4-7H2,(H,11,12). The van der Waals surface area contributed by atoms with Crippen molar-refractivity contribution in [3.63, 3.8) is 0 Å². The fourth-order valence-electron chi connectivity index (χ4n) is 1.31. The maximum absolute atomic E-state index is 9.16. The number of anilines is 1. The predicted octanol–water partition coefficient (Wildman–Crippen LogP) is -0.103. The van der Waals surface area contributed by atoms with E-state index < -0.39 is 0 Å². The van der Waals surface area contributed by atoms with E-state index in [1.807, 2.05) is 0 Å². The minimum absolute atomic E-state index is 0.127. The second kappa shape index (κ2) is 3.89. The zero-order chi connectivity index (χ0) is 9.86. The van der Waals surface area contributed by atoms with E-state index in [2.05, 4.69) is 15.3 Å². The Bertz CT molecular complexity index is 282. The van der Waals surface area contributed by atoms with Crippen LogP contribution in [0.25, 0.3) is 0 Å². The number of nitrogens with one attached hydrogen (secondary N) is 1. The number of aliphatic hydroxyl groups excluding tert-OH is 1. The van der Waals surface area contributed by atoms with Crippen LogP contribution in [-0.4, -0.2) is 41.4 Å². The molecule has 0 atom stereocenters. The van der Waals surface area contributed by atoms with Crippen molar-refractivity contribution in [1.29, 1.82) is 0 Å². The van der Waals surface area contributed by atoms with Crippen molar-refractivity contribution in [3.05, 3.63) is 18.6 Å². The van der Waals surface area contributed by atoms with Gasteiger partial charge in [0, 0.05) is 18.9 Å². The first-order valence-electron chi connectivity index (χ1n) is 4.53. The van der Waals surface area contributed by atoms with Crippen LogP contribution < -0.4 is 5.32 Å². The van der Waals surface area contributed by atoms with Gasteiger partial charge in [0.2, 0.25) is 0 Å². The Morgan fingerprint density at radius 3 is 2.86 bits per heavy atom. The van der Waals surface area contributed by atoms with E-state index in [4.69, 9.17) is 9.84 Å². The van der Waals surface area contributed by atoms with Crippen molar-refractivity contribution in [2.75, 3.05) is 31.7 Å². The van der Waals surface area contributed by atoms with Gasteiger partial charge >= 0.3 is 0 Å². The second-order valence-electron chi connectivity index (χ2n) is 3.60. The van der Waals surface area contributed by atoms with E-state index in [0.29, 0.717) is 19.8 Å². The SMILES string of the molecule is OCC1(CNc2cnccn2)COC1. The molecule has 2 N–H and O–H groups in total. The minimum Gasteiger partial charge on any atom is -0.396 e. The van der Waals surface area contributed by atoms with Gasteiger partial charge in [-0.05, 0) is 0 Å². The smallest absolute Gasteiger partial charge is 0.144 e. The Hall–Kier alpha value is -1.20. The average molecular weight is 195 g/mol. The lowest BCUT2D eigenvalue weighted by molar-refractivity contribution is -0.128. The molecule has 0 spiro atoms. The zero-order valence-corrected chi connectivity index (χ0v) is 7.81. The van der Waals surface area contributed by atoms with Crippen LogP contribution in [0.4, 0.5) is 5.82 Å². The third-order valence-electron chi connectivity index (χ3n) is 2.36. The van der Waals surface area contributed by atoms with Gasteiger partial charge in [0.25, 0.3) is 0 Å². The molecule has 1 saturated heterocycles. The van der Waals surface area contributed by atoms with Crippen molar-refractivity contribution < 1.29 is 9.84 Å². The highest BCUT2D eigenvalue weighted by atomic mass is 16.5. The molecular formula is C9H13N3O2. The van der Waals surface area contributed by atoms with E-state index in [9.17, 15) is 0 Å². The van der Waals surface area contributed by atoms with Crippen molar-refractivity contribution in [3.8, 4) is 0 Å². The lowest BCUT2D eigenvalue weighted by Gasteiger charge is -2.39. The van der Waals surface area contributed by atoms with E-state index >= 15 is 0 Å². The molecule has 1 aliphatic heterocycles. The van der Waals surface area contributed by atoms with Gasteiger partial charge < -0.3 is 15.2 Å². The zero-order valence-electron chi connectivity index (χ0n) is 7.81. The molecule has 0 aliphatic carbocycles. The summed E-state index contributed by atoms with van der Waals surface area (Å²) in [7, 11) is 0. The molecular weight excluding hydrogens is 182 g/mol. The molecule has 14 heavy (non-hydrogen) atoms. The molecule has 2 heterocycles. The van der Waals surface area contributed by atoms with Gasteiger partial charge in [-0.3, -0.25) is 4.98 Å². The Balaban J connectivity index is 1.88. The molecule has 0 amide bonds. The van der Waals surface area contributed by atoms with Crippen molar-refractivity contribution in [2.24, 2.45) is 5.41 Å². The quantitative estimate of drug-likeness (QED) is 0.702. The number of hydrogen-bond acceptors (Lipinski definition) is 5. The largest absolute Gasteiger partial charge is 0.396 e. The van der Waals surface area contributed by atoms with Crippen LogP contribution in [-0.2, 0) is 4.74 Å². The fourth-order valence-corrected chi connectivity index (χ4v) is 1.31. The normalized spacial score (nSPS) is 18.6. The Kier molecular flexibility index (Phi) is 2.60. The highest BCUT2D eigenvalue weighted by molar-refractivity contribution is 5.30. The van der Waals surface area contributed by atoms with Crippen LogP contribution in [0.2, 0.25) is 0 Å². The van der Waals surface area contributed by atoms with Crippen LogP contribution in [0.15, 0.2) is 18.6 Å². The van der Waals surface area contributed by atoms with Crippen molar-refractivity contribution in [1.82, 2.24) is 9.97 Å². The van der Waals surface area contributed by atoms with Crippen LogP contribution >= 0.6 is 0 Å². The molecule has 5 nitrogen and oxygen atoms in total. The van der Waals surface area contributed by atoms with Crippen LogP contribution in [0.5, 0.6) is 0 Å². The van der Waals surface area contributed by atoms with E-state index in [1.54, 1.807) is 18.6 Å². The number of aromatic nitrogens is 2. The molecule has 0 radical (unpaired) electrons. The number of aliphatic hydroxyl groups is 1. The highest BCUT2D eigenvalue weighted by Gasteiger charge is 2.37. The third kappa shape index (κ3) is 1.83. The molecule has 1 fully saturated rings. The average Bonchev–Trinajstić information content (AvgIpc) is 2.19. The third-order valence-corrected chi connectivity index (χ3v) is 2.36. The Morgan fingerprint density at radius 2 is 2.36 bits per heavy atom. The monoisotopic (exact) mass is 195 g/mol. The van der Waals surface area contributed by atoms with Gasteiger partial charge in [0.1, 0.15) is 5.82 Å². The van der Waals surface area contributed by atoms with E-state index in [1.165, 1.54) is 0 Å². The van der Waals surface area contributed by atoms with E-state index in [0.717, 1.165) is 5.82 Å². The summed E-state index contributed by atoms with van der Waals surface area (Å²) >= 11 is 0. The van der Waals surface area contributed by atoms with Crippen LogP contribution in [0.3, 0.4) is 0 Å². The maximum Gasteiger partial charge on any atom is 0.144 e. The van der Waals surface area contributed by atoms with Gasteiger partial charge in [0.05, 0.1) is 31.4 Å². The summed E-state index contributed by atoms with van der Waals surface area (Å²) < 4.78 is 5.08. The first-order valence-corrected chi connectivity index (χ1v) is 4.53. The van der Waals surface area contributed by atoms with Gasteiger partial charge in [-0.2, -0.15) is 0 Å². The number of nitrogens with zero attached hydrogens (tertiary/aromatic N) is 2. The van der Waals surface area contributed by atoms with E-state index in [-0.39, 0.29) is 12.0 Å². The topological polar surface area (TPSA) is 67.3 Å².